The van der Waals surface area contributed by atoms with Gasteiger partial charge in [0.2, 0.25) is 0 Å². The maximum absolute atomic E-state index is 11.6. The van der Waals surface area contributed by atoms with Crippen LogP contribution >= 0.6 is 15.9 Å². The van der Waals surface area contributed by atoms with Gasteiger partial charge in [-0.15, -0.1) is 0 Å². The summed E-state index contributed by atoms with van der Waals surface area (Å²) in [7, 11) is 0. The van der Waals surface area contributed by atoms with Crippen molar-refractivity contribution in [1.82, 2.24) is 5.32 Å². The molecule has 0 saturated heterocycles. The SMILES string of the molecule is CC(CC(=O)O)NC(=O)Nc1ccc([N+](=O)[O-])cc1Br. The van der Waals surface area contributed by atoms with E-state index in [0.717, 1.165) is 0 Å². The molecule has 0 spiro atoms. The Morgan fingerprint density at radius 2 is 2.15 bits per heavy atom. The van der Waals surface area contributed by atoms with E-state index in [1.807, 2.05) is 0 Å². The Labute approximate surface area is 122 Å². The number of carbonyl (C=O) groups is 2. The van der Waals surface area contributed by atoms with Gasteiger partial charge in [-0.3, -0.25) is 14.9 Å². The summed E-state index contributed by atoms with van der Waals surface area (Å²) in [6, 6.07) is 2.76. The Balaban J connectivity index is 2.67. The lowest BCUT2D eigenvalue weighted by Gasteiger charge is -2.13. The highest BCUT2D eigenvalue weighted by molar-refractivity contribution is 9.10. The monoisotopic (exact) mass is 345 g/mol. The van der Waals surface area contributed by atoms with Crippen LogP contribution in [0.15, 0.2) is 22.7 Å². The average Bonchev–Trinajstić information content (AvgIpc) is 2.30. The van der Waals surface area contributed by atoms with Gasteiger partial charge in [0, 0.05) is 22.6 Å². The third-order valence-corrected chi connectivity index (χ3v) is 2.93. The Hall–Kier alpha value is -2.16. The first kappa shape index (κ1) is 15.9. The number of halogens is 1. The van der Waals surface area contributed by atoms with Gasteiger partial charge in [-0.25, -0.2) is 4.79 Å². The molecule has 0 bridgehead atoms. The van der Waals surface area contributed by atoms with Crippen LogP contribution in [0.1, 0.15) is 13.3 Å². The second-order valence-electron chi connectivity index (χ2n) is 4.02. The van der Waals surface area contributed by atoms with Crippen LogP contribution in [0.25, 0.3) is 0 Å². The lowest BCUT2D eigenvalue weighted by atomic mass is 10.2. The molecule has 1 aromatic rings. The second kappa shape index (κ2) is 6.85. The van der Waals surface area contributed by atoms with Gasteiger partial charge in [-0.2, -0.15) is 0 Å². The van der Waals surface area contributed by atoms with Gasteiger partial charge in [0.1, 0.15) is 0 Å². The molecule has 1 atom stereocenters. The predicted octanol–water partition coefficient (Wildman–Crippen LogP) is 2.34. The minimum Gasteiger partial charge on any atom is -0.481 e. The number of carboxylic acids is 1. The average molecular weight is 346 g/mol. The molecular weight excluding hydrogens is 334 g/mol. The van der Waals surface area contributed by atoms with Crippen LogP contribution in [0.5, 0.6) is 0 Å². The number of nitrogens with zero attached hydrogens (tertiary/aromatic N) is 1. The van der Waals surface area contributed by atoms with Crippen molar-refractivity contribution in [2.24, 2.45) is 0 Å². The van der Waals surface area contributed by atoms with E-state index in [1.165, 1.54) is 18.2 Å². The van der Waals surface area contributed by atoms with Crippen LogP contribution in [0.2, 0.25) is 0 Å². The van der Waals surface area contributed by atoms with Crippen LogP contribution in [0.3, 0.4) is 0 Å². The zero-order valence-corrected chi connectivity index (χ0v) is 12.0. The Bertz CT molecular complexity index is 549. The molecule has 0 aliphatic heterocycles. The molecule has 2 amide bonds. The fraction of sp³-hybridized carbons (Fsp3) is 0.273. The van der Waals surface area contributed by atoms with Crippen molar-refractivity contribution in [3.8, 4) is 0 Å². The van der Waals surface area contributed by atoms with Crippen molar-refractivity contribution in [2.75, 3.05) is 5.32 Å². The number of hydrogen-bond donors (Lipinski definition) is 3. The Morgan fingerprint density at radius 3 is 2.65 bits per heavy atom. The van der Waals surface area contributed by atoms with Gasteiger partial charge in [0.15, 0.2) is 0 Å². The van der Waals surface area contributed by atoms with Crippen molar-refractivity contribution >= 4 is 39.3 Å². The second-order valence-corrected chi connectivity index (χ2v) is 4.87. The van der Waals surface area contributed by atoms with E-state index in [0.29, 0.717) is 10.2 Å². The number of urea groups is 1. The standard InChI is InChI=1S/C11H12BrN3O5/c1-6(4-10(16)17)13-11(18)14-9-3-2-7(15(19)20)5-8(9)12/h2-3,5-6H,4H2,1H3,(H,16,17)(H2,13,14,18). The minimum absolute atomic E-state index is 0.109. The molecule has 8 nitrogen and oxygen atoms in total. The number of benzene rings is 1. The third-order valence-electron chi connectivity index (χ3n) is 2.27. The van der Waals surface area contributed by atoms with Gasteiger partial charge < -0.3 is 15.7 Å². The molecule has 3 N–H and O–H groups in total. The van der Waals surface area contributed by atoms with Crippen molar-refractivity contribution in [2.45, 2.75) is 19.4 Å². The van der Waals surface area contributed by atoms with Gasteiger partial charge in [0.05, 0.1) is 17.0 Å². The summed E-state index contributed by atoms with van der Waals surface area (Å²) in [4.78, 5) is 32.1. The number of rotatable bonds is 5. The summed E-state index contributed by atoms with van der Waals surface area (Å²) in [5.41, 5.74) is 0.234. The van der Waals surface area contributed by atoms with Gasteiger partial charge >= 0.3 is 12.0 Å². The maximum Gasteiger partial charge on any atom is 0.319 e. The molecule has 20 heavy (non-hydrogen) atoms. The van der Waals surface area contributed by atoms with Crippen LogP contribution in [-0.4, -0.2) is 28.1 Å². The number of carbonyl (C=O) groups excluding carboxylic acids is 1. The van der Waals surface area contributed by atoms with E-state index in [9.17, 15) is 19.7 Å². The van der Waals surface area contributed by atoms with E-state index in [-0.39, 0.29) is 12.1 Å². The van der Waals surface area contributed by atoms with Crippen molar-refractivity contribution in [1.29, 1.82) is 0 Å². The molecule has 0 aliphatic rings. The molecular formula is C11H12BrN3O5. The number of hydrogen-bond acceptors (Lipinski definition) is 4. The van der Waals surface area contributed by atoms with E-state index < -0.39 is 23.0 Å². The lowest BCUT2D eigenvalue weighted by molar-refractivity contribution is -0.384. The molecule has 9 heteroatoms. The van der Waals surface area contributed by atoms with Crippen LogP contribution in [0, 0.1) is 10.1 Å². The molecule has 0 saturated carbocycles. The summed E-state index contributed by atoms with van der Waals surface area (Å²) in [6.07, 6.45) is -0.200. The van der Waals surface area contributed by atoms with Crippen molar-refractivity contribution in [3.63, 3.8) is 0 Å². The predicted molar refractivity (Wildman–Crippen MR) is 74.7 cm³/mol. The molecule has 1 unspecified atom stereocenters. The van der Waals surface area contributed by atoms with Crippen molar-refractivity contribution in [3.05, 3.63) is 32.8 Å². The highest BCUT2D eigenvalue weighted by Gasteiger charge is 2.13. The fourth-order valence-electron chi connectivity index (χ4n) is 1.41. The summed E-state index contributed by atoms with van der Waals surface area (Å²) in [6.45, 7) is 1.55. The Kier molecular flexibility index (Phi) is 5.44. The first-order valence-electron chi connectivity index (χ1n) is 5.53. The molecule has 0 aliphatic carbocycles. The minimum atomic E-state index is -1.02. The molecule has 1 aromatic carbocycles. The van der Waals surface area contributed by atoms with Gasteiger partial charge in [-0.1, -0.05) is 0 Å². The topological polar surface area (TPSA) is 122 Å². The zero-order chi connectivity index (χ0) is 15.3. The smallest absolute Gasteiger partial charge is 0.319 e. The number of aliphatic carboxylic acids is 1. The molecule has 1 rings (SSSR count). The number of carboxylic acid groups (broad SMARTS) is 1. The van der Waals surface area contributed by atoms with Gasteiger partial charge in [-0.05, 0) is 28.9 Å². The van der Waals surface area contributed by atoms with E-state index in [1.54, 1.807) is 6.92 Å². The van der Waals surface area contributed by atoms with E-state index in [4.69, 9.17) is 5.11 Å². The molecule has 0 heterocycles. The number of nitrogens with one attached hydrogen (secondary N) is 2. The van der Waals surface area contributed by atoms with Crippen LogP contribution in [0.4, 0.5) is 16.2 Å². The lowest BCUT2D eigenvalue weighted by Crippen LogP contribution is -2.37. The van der Waals surface area contributed by atoms with Crippen LogP contribution < -0.4 is 10.6 Å². The largest absolute Gasteiger partial charge is 0.481 e. The summed E-state index contributed by atoms with van der Waals surface area (Å²) in [5.74, 6) is -1.02. The molecule has 0 fully saturated rings. The molecule has 0 aromatic heterocycles. The molecule has 108 valence electrons. The van der Waals surface area contributed by atoms with E-state index >= 15 is 0 Å². The fourth-order valence-corrected chi connectivity index (χ4v) is 1.88. The third kappa shape index (κ3) is 4.84. The summed E-state index contributed by atoms with van der Waals surface area (Å²) in [5, 5.41) is 24.0. The number of anilines is 1. The quantitative estimate of drug-likeness (QED) is 0.558. The molecule has 0 radical (unpaired) electrons. The normalized spacial score (nSPS) is 11.5. The van der Waals surface area contributed by atoms with E-state index in [2.05, 4.69) is 26.6 Å². The van der Waals surface area contributed by atoms with Gasteiger partial charge in [0.25, 0.3) is 5.69 Å². The zero-order valence-electron chi connectivity index (χ0n) is 10.4. The summed E-state index contributed by atoms with van der Waals surface area (Å²) >= 11 is 3.11. The highest BCUT2D eigenvalue weighted by Crippen LogP contribution is 2.26. The first-order chi connectivity index (χ1) is 9.29. The Morgan fingerprint density at radius 1 is 1.50 bits per heavy atom. The number of non-ortho nitro benzene ring substituents is 1. The number of nitro benzene ring substituents is 1. The summed E-state index contributed by atoms with van der Waals surface area (Å²) < 4.78 is 0.354. The van der Waals surface area contributed by atoms with Crippen molar-refractivity contribution < 1.29 is 19.6 Å². The number of amides is 2. The van der Waals surface area contributed by atoms with Crippen LogP contribution in [-0.2, 0) is 4.79 Å². The number of nitro groups is 1. The highest BCUT2D eigenvalue weighted by atomic mass is 79.9. The maximum atomic E-state index is 11.6. The first-order valence-corrected chi connectivity index (χ1v) is 6.32.